The van der Waals surface area contributed by atoms with Gasteiger partial charge < -0.3 is 10.1 Å². The van der Waals surface area contributed by atoms with Gasteiger partial charge in [0.05, 0.1) is 13.5 Å². The molecular formula is C15H18BrNO3. The molecule has 0 heterocycles. The van der Waals surface area contributed by atoms with Crippen molar-refractivity contribution in [2.24, 2.45) is 5.92 Å². The first-order valence-electron chi connectivity index (χ1n) is 6.64. The summed E-state index contributed by atoms with van der Waals surface area (Å²) in [6.07, 6.45) is 1.08. The molecule has 5 heteroatoms. The minimum atomic E-state index is -0.307. The maximum atomic E-state index is 12.1. The molecule has 2 rings (SSSR count). The summed E-state index contributed by atoms with van der Waals surface area (Å²) in [5.74, 6) is 0.0390. The first kappa shape index (κ1) is 15.0. The predicted molar refractivity (Wildman–Crippen MR) is 79.2 cm³/mol. The van der Waals surface area contributed by atoms with E-state index in [1.807, 2.05) is 31.2 Å². The summed E-state index contributed by atoms with van der Waals surface area (Å²) in [5, 5.41) is 2.87. The highest BCUT2D eigenvalue weighted by molar-refractivity contribution is 9.10. The van der Waals surface area contributed by atoms with E-state index in [1.165, 1.54) is 12.7 Å². The van der Waals surface area contributed by atoms with Gasteiger partial charge in [0.15, 0.2) is 0 Å². The highest BCUT2D eigenvalue weighted by atomic mass is 79.9. The SMILES string of the molecule is COC(=O)C[C@H](C)NC(=O)[C@H]1C[C@H]1c1ccc(Br)cc1. The van der Waals surface area contributed by atoms with Crippen LogP contribution in [-0.4, -0.2) is 25.0 Å². The Morgan fingerprint density at radius 2 is 2.05 bits per heavy atom. The topological polar surface area (TPSA) is 55.4 Å². The Morgan fingerprint density at radius 1 is 1.40 bits per heavy atom. The minimum Gasteiger partial charge on any atom is -0.469 e. The van der Waals surface area contributed by atoms with Gasteiger partial charge in [-0.2, -0.15) is 0 Å². The third kappa shape index (κ3) is 3.82. The molecule has 20 heavy (non-hydrogen) atoms. The second-order valence-electron chi connectivity index (χ2n) is 5.19. The number of methoxy groups -OCH3 is 1. The van der Waals surface area contributed by atoms with Crippen molar-refractivity contribution in [1.29, 1.82) is 0 Å². The molecule has 1 aliphatic carbocycles. The third-order valence-corrected chi connectivity index (χ3v) is 4.04. The van der Waals surface area contributed by atoms with E-state index in [0.29, 0.717) is 5.92 Å². The average molecular weight is 340 g/mol. The number of benzene rings is 1. The van der Waals surface area contributed by atoms with Crippen LogP contribution in [0.4, 0.5) is 0 Å². The van der Waals surface area contributed by atoms with Crippen LogP contribution < -0.4 is 5.32 Å². The number of hydrogen-bond acceptors (Lipinski definition) is 3. The molecule has 1 N–H and O–H groups in total. The lowest BCUT2D eigenvalue weighted by Crippen LogP contribution is -2.35. The molecule has 1 amide bonds. The Balaban J connectivity index is 1.84. The van der Waals surface area contributed by atoms with Crippen LogP contribution in [0.5, 0.6) is 0 Å². The van der Waals surface area contributed by atoms with Crippen molar-refractivity contribution in [2.45, 2.75) is 31.7 Å². The number of carbonyl (C=O) groups is 2. The van der Waals surface area contributed by atoms with Gasteiger partial charge >= 0.3 is 5.97 Å². The summed E-state index contributed by atoms with van der Waals surface area (Å²) in [6.45, 7) is 1.81. The number of halogens is 1. The van der Waals surface area contributed by atoms with Gasteiger partial charge in [0.1, 0.15) is 0 Å². The first-order chi connectivity index (χ1) is 9.51. The Bertz CT molecular complexity index is 500. The van der Waals surface area contributed by atoms with Crippen LogP contribution in [0.1, 0.15) is 31.2 Å². The van der Waals surface area contributed by atoms with Crippen molar-refractivity contribution in [3.05, 3.63) is 34.3 Å². The van der Waals surface area contributed by atoms with Gasteiger partial charge in [-0.25, -0.2) is 0 Å². The molecule has 0 spiro atoms. The molecule has 0 unspecified atom stereocenters. The van der Waals surface area contributed by atoms with E-state index in [0.717, 1.165) is 10.9 Å². The summed E-state index contributed by atoms with van der Waals surface area (Å²) in [5.41, 5.74) is 1.19. The maximum absolute atomic E-state index is 12.1. The summed E-state index contributed by atoms with van der Waals surface area (Å²) in [7, 11) is 1.35. The van der Waals surface area contributed by atoms with E-state index >= 15 is 0 Å². The number of rotatable bonds is 5. The largest absolute Gasteiger partial charge is 0.469 e. The van der Waals surface area contributed by atoms with Crippen molar-refractivity contribution in [3.63, 3.8) is 0 Å². The van der Waals surface area contributed by atoms with E-state index in [9.17, 15) is 9.59 Å². The predicted octanol–water partition coefficient (Wildman–Crippen LogP) is 2.62. The fourth-order valence-electron chi connectivity index (χ4n) is 2.30. The van der Waals surface area contributed by atoms with Crippen molar-refractivity contribution in [2.75, 3.05) is 7.11 Å². The van der Waals surface area contributed by atoms with Crippen LogP contribution >= 0.6 is 15.9 Å². The first-order valence-corrected chi connectivity index (χ1v) is 7.43. The molecule has 108 valence electrons. The van der Waals surface area contributed by atoms with E-state index in [4.69, 9.17) is 0 Å². The summed E-state index contributed by atoms with van der Waals surface area (Å²) < 4.78 is 5.62. The summed E-state index contributed by atoms with van der Waals surface area (Å²) in [6, 6.07) is 7.87. The van der Waals surface area contributed by atoms with E-state index in [2.05, 4.69) is 26.0 Å². The number of amides is 1. The molecule has 4 nitrogen and oxygen atoms in total. The standard InChI is InChI=1S/C15H18BrNO3/c1-9(7-14(18)20-2)17-15(19)13-8-12(13)10-3-5-11(16)6-4-10/h3-6,9,12-13H,7-8H2,1-2H3,(H,17,19)/t9-,12-,13-/m0/s1. The lowest BCUT2D eigenvalue weighted by Gasteiger charge is -2.12. The molecule has 0 bridgehead atoms. The zero-order chi connectivity index (χ0) is 14.7. The Hall–Kier alpha value is -1.36. The quantitative estimate of drug-likeness (QED) is 0.839. The molecule has 0 saturated heterocycles. The number of hydrogen-bond donors (Lipinski definition) is 1. The van der Waals surface area contributed by atoms with Gasteiger partial charge in [0.25, 0.3) is 0 Å². The molecule has 1 aromatic carbocycles. The third-order valence-electron chi connectivity index (χ3n) is 3.51. The smallest absolute Gasteiger partial charge is 0.307 e. The minimum absolute atomic E-state index is 0.0225. The fourth-order valence-corrected chi connectivity index (χ4v) is 2.56. The highest BCUT2D eigenvalue weighted by Crippen LogP contribution is 2.47. The molecular weight excluding hydrogens is 322 g/mol. The van der Waals surface area contributed by atoms with Crippen LogP contribution in [-0.2, 0) is 14.3 Å². The van der Waals surface area contributed by atoms with Crippen molar-refractivity contribution in [1.82, 2.24) is 5.32 Å². The lowest BCUT2D eigenvalue weighted by molar-refractivity contribution is -0.141. The van der Waals surface area contributed by atoms with Gasteiger partial charge in [0.2, 0.25) is 5.91 Å². The number of esters is 1. The normalized spacial score (nSPS) is 21.9. The molecule has 1 saturated carbocycles. The number of nitrogens with one attached hydrogen (secondary N) is 1. The lowest BCUT2D eigenvalue weighted by atomic mass is 10.1. The van der Waals surface area contributed by atoms with Crippen molar-refractivity contribution >= 4 is 27.8 Å². The monoisotopic (exact) mass is 339 g/mol. The molecule has 1 aromatic rings. The van der Waals surface area contributed by atoms with Gasteiger partial charge in [-0.05, 0) is 37.0 Å². The summed E-state index contributed by atoms with van der Waals surface area (Å²) in [4.78, 5) is 23.2. The van der Waals surface area contributed by atoms with Crippen molar-refractivity contribution < 1.29 is 14.3 Å². The van der Waals surface area contributed by atoms with Crippen LogP contribution in [0.2, 0.25) is 0 Å². The second kappa shape index (κ2) is 6.39. The molecule has 1 fully saturated rings. The zero-order valence-corrected chi connectivity index (χ0v) is 13.1. The molecule has 1 aliphatic rings. The van der Waals surface area contributed by atoms with E-state index < -0.39 is 0 Å². The van der Waals surface area contributed by atoms with Gasteiger partial charge in [-0.15, -0.1) is 0 Å². The number of carbonyl (C=O) groups excluding carboxylic acids is 2. The van der Waals surface area contributed by atoms with Crippen LogP contribution in [0.25, 0.3) is 0 Å². The molecule has 0 radical (unpaired) electrons. The Kier molecular flexibility index (Phi) is 4.81. The Morgan fingerprint density at radius 3 is 2.65 bits per heavy atom. The van der Waals surface area contributed by atoms with Crippen LogP contribution in [0.15, 0.2) is 28.7 Å². The van der Waals surface area contributed by atoms with E-state index in [-0.39, 0.29) is 30.3 Å². The Labute approximate surface area is 127 Å². The van der Waals surface area contributed by atoms with Crippen molar-refractivity contribution in [3.8, 4) is 0 Å². The van der Waals surface area contributed by atoms with Crippen LogP contribution in [0.3, 0.4) is 0 Å². The van der Waals surface area contributed by atoms with E-state index in [1.54, 1.807) is 0 Å². The highest BCUT2D eigenvalue weighted by Gasteiger charge is 2.44. The average Bonchev–Trinajstić information content (AvgIpc) is 3.19. The van der Waals surface area contributed by atoms with Gasteiger partial charge in [-0.3, -0.25) is 9.59 Å². The maximum Gasteiger partial charge on any atom is 0.307 e. The van der Waals surface area contributed by atoms with Gasteiger partial charge in [-0.1, -0.05) is 28.1 Å². The summed E-state index contributed by atoms with van der Waals surface area (Å²) >= 11 is 3.40. The second-order valence-corrected chi connectivity index (χ2v) is 6.11. The molecule has 0 aliphatic heterocycles. The van der Waals surface area contributed by atoms with Gasteiger partial charge in [0, 0.05) is 16.4 Å². The van der Waals surface area contributed by atoms with Crippen LogP contribution in [0, 0.1) is 5.92 Å². The zero-order valence-electron chi connectivity index (χ0n) is 11.6. The molecule has 0 aromatic heterocycles. The fraction of sp³-hybridized carbons (Fsp3) is 0.467. The molecule has 3 atom stereocenters. The number of ether oxygens (including phenoxy) is 1.